The molecule has 88 valence electrons. The van der Waals surface area contributed by atoms with Gasteiger partial charge in [-0.25, -0.2) is 9.78 Å². The normalized spacial score (nSPS) is 17.3. The molecule has 0 saturated heterocycles. The molecular formula is C11H16N2O2S. The Morgan fingerprint density at radius 3 is 2.69 bits per heavy atom. The van der Waals surface area contributed by atoms with E-state index in [2.05, 4.69) is 10.3 Å². The molecular weight excluding hydrogens is 224 g/mol. The lowest BCUT2D eigenvalue weighted by Crippen LogP contribution is -2.08. The Kier molecular flexibility index (Phi) is 3.43. The highest BCUT2D eigenvalue weighted by molar-refractivity contribution is 7.16. The van der Waals surface area contributed by atoms with Gasteiger partial charge >= 0.3 is 5.97 Å². The van der Waals surface area contributed by atoms with E-state index in [4.69, 9.17) is 5.11 Å². The van der Waals surface area contributed by atoms with E-state index in [-0.39, 0.29) is 5.69 Å². The molecule has 0 radical (unpaired) electrons. The number of anilines is 1. The number of thiazole rings is 1. The van der Waals surface area contributed by atoms with Crippen molar-refractivity contribution < 1.29 is 9.90 Å². The average Bonchev–Trinajstić information content (AvgIpc) is 2.74. The molecule has 1 aliphatic rings. The fourth-order valence-corrected chi connectivity index (χ4v) is 3.31. The molecule has 2 rings (SSSR count). The molecule has 1 aromatic heterocycles. The number of carboxylic acid groups (broad SMARTS) is 1. The minimum absolute atomic E-state index is 0.251. The van der Waals surface area contributed by atoms with E-state index in [0.717, 1.165) is 17.7 Å². The standard InChI is InChI=1S/C11H16N2O2S/c1-12-11-13-8(10(14)15)9(16-11)7-5-3-2-4-6-7/h7H,2-6H2,1H3,(H,12,13)(H,14,15). The fourth-order valence-electron chi connectivity index (χ4n) is 2.23. The van der Waals surface area contributed by atoms with Crippen LogP contribution >= 0.6 is 11.3 Å². The van der Waals surface area contributed by atoms with Crippen molar-refractivity contribution in [1.29, 1.82) is 0 Å². The molecule has 1 aliphatic carbocycles. The highest BCUT2D eigenvalue weighted by Gasteiger charge is 2.25. The maximum absolute atomic E-state index is 11.1. The molecule has 0 bridgehead atoms. The van der Waals surface area contributed by atoms with Gasteiger partial charge in [0.2, 0.25) is 0 Å². The largest absolute Gasteiger partial charge is 0.476 e. The number of hydrogen-bond acceptors (Lipinski definition) is 4. The Morgan fingerprint density at radius 2 is 2.12 bits per heavy atom. The van der Waals surface area contributed by atoms with Gasteiger partial charge in [-0.1, -0.05) is 19.3 Å². The summed E-state index contributed by atoms with van der Waals surface area (Å²) in [5, 5.41) is 12.8. The first-order chi connectivity index (χ1) is 7.72. The molecule has 0 amide bonds. The van der Waals surface area contributed by atoms with E-state index >= 15 is 0 Å². The lowest BCUT2D eigenvalue weighted by molar-refractivity contribution is 0.0689. The number of rotatable bonds is 3. The van der Waals surface area contributed by atoms with Gasteiger partial charge in [0.1, 0.15) is 0 Å². The topological polar surface area (TPSA) is 62.2 Å². The molecule has 4 nitrogen and oxygen atoms in total. The highest BCUT2D eigenvalue weighted by Crippen LogP contribution is 2.38. The zero-order valence-corrected chi connectivity index (χ0v) is 10.1. The monoisotopic (exact) mass is 240 g/mol. The van der Waals surface area contributed by atoms with Crippen LogP contribution in [0.1, 0.15) is 53.4 Å². The summed E-state index contributed by atoms with van der Waals surface area (Å²) >= 11 is 1.49. The predicted molar refractivity (Wildman–Crippen MR) is 64.4 cm³/mol. The maximum atomic E-state index is 11.1. The molecule has 1 saturated carbocycles. The van der Waals surface area contributed by atoms with Crippen LogP contribution in [0.4, 0.5) is 5.13 Å². The van der Waals surface area contributed by atoms with Gasteiger partial charge in [0.25, 0.3) is 0 Å². The average molecular weight is 240 g/mol. The van der Waals surface area contributed by atoms with Crippen molar-refractivity contribution in [2.75, 3.05) is 12.4 Å². The van der Waals surface area contributed by atoms with Crippen LogP contribution in [-0.2, 0) is 0 Å². The summed E-state index contributed by atoms with van der Waals surface area (Å²) in [6, 6.07) is 0. The van der Waals surface area contributed by atoms with E-state index in [1.807, 2.05) is 0 Å². The van der Waals surface area contributed by atoms with Crippen LogP contribution < -0.4 is 5.32 Å². The van der Waals surface area contributed by atoms with Gasteiger partial charge in [-0.15, -0.1) is 11.3 Å². The zero-order valence-electron chi connectivity index (χ0n) is 9.32. The van der Waals surface area contributed by atoms with Crippen molar-refractivity contribution >= 4 is 22.4 Å². The third-order valence-corrected chi connectivity index (χ3v) is 4.28. The molecule has 0 aliphatic heterocycles. The molecule has 0 spiro atoms. The zero-order chi connectivity index (χ0) is 11.5. The molecule has 1 fully saturated rings. The lowest BCUT2D eigenvalue weighted by atomic mass is 9.87. The number of aromatic nitrogens is 1. The number of nitrogens with one attached hydrogen (secondary N) is 1. The van der Waals surface area contributed by atoms with Gasteiger partial charge < -0.3 is 10.4 Å². The molecule has 0 unspecified atom stereocenters. The van der Waals surface area contributed by atoms with E-state index in [0.29, 0.717) is 11.0 Å². The van der Waals surface area contributed by atoms with E-state index in [1.165, 1.54) is 30.6 Å². The van der Waals surface area contributed by atoms with Gasteiger partial charge in [-0.2, -0.15) is 0 Å². The van der Waals surface area contributed by atoms with Crippen LogP contribution in [0.15, 0.2) is 0 Å². The number of hydrogen-bond donors (Lipinski definition) is 2. The second kappa shape index (κ2) is 4.82. The predicted octanol–water partition coefficient (Wildman–Crippen LogP) is 2.93. The van der Waals surface area contributed by atoms with Gasteiger partial charge in [0.05, 0.1) is 0 Å². The van der Waals surface area contributed by atoms with Crippen LogP contribution in [0.25, 0.3) is 0 Å². The summed E-state index contributed by atoms with van der Waals surface area (Å²) in [7, 11) is 1.77. The van der Waals surface area contributed by atoms with E-state index in [1.54, 1.807) is 7.05 Å². The van der Waals surface area contributed by atoms with Gasteiger partial charge in [0, 0.05) is 11.9 Å². The Balaban J connectivity index is 2.29. The van der Waals surface area contributed by atoms with E-state index in [9.17, 15) is 4.79 Å². The van der Waals surface area contributed by atoms with Crippen molar-refractivity contribution in [3.63, 3.8) is 0 Å². The molecule has 5 heteroatoms. The molecule has 0 atom stereocenters. The summed E-state index contributed by atoms with van der Waals surface area (Å²) in [4.78, 5) is 16.2. The number of carboxylic acids is 1. The maximum Gasteiger partial charge on any atom is 0.355 e. The molecule has 16 heavy (non-hydrogen) atoms. The second-order valence-electron chi connectivity index (χ2n) is 4.12. The molecule has 2 N–H and O–H groups in total. The van der Waals surface area contributed by atoms with Gasteiger partial charge in [-0.05, 0) is 18.8 Å². The van der Waals surface area contributed by atoms with E-state index < -0.39 is 5.97 Å². The minimum Gasteiger partial charge on any atom is -0.476 e. The molecule has 0 aromatic carbocycles. The minimum atomic E-state index is -0.904. The fraction of sp³-hybridized carbons (Fsp3) is 0.636. The van der Waals surface area contributed by atoms with Crippen molar-refractivity contribution in [3.8, 4) is 0 Å². The third-order valence-electron chi connectivity index (χ3n) is 3.05. The van der Waals surface area contributed by atoms with Crippen molar-refractivity contribution in [2.24, 2.45) is 0 Å². The van der Waals surface area contributed by atoms with Crippen LogP contribution in [0.3, 0.4) is 0 Å². The SMILES string of the molecule is CNc1nc(C(=O)O)c(C2CCCCC2)s1. The Bertz CT molecular complexity index is 383. The lowest BCUT2D eigenvalue weighted by Gasteiger charge is -2.20. The van der Waals surface area contributed by atoms with Crippen LogP contribution in [0.5, 0.6) is 0 Å². The van der Waals surface area contributed by atoms with Gasteiger partial charge in [0.15, 0.2) is 10.8 Å². The van der Waals surface area contributed by atoms with Crippen molar-refractivity contribution in [1.82, 2.24) is 4.98 Å². The third kappa shape index (κ3) is 2.19. The summed E-state index contributed by atoms with van der Waals surface area (Å²) in [5.74, 6) is -0.502. The molecule has 1 heterocycles. The van der Waals surface area contributed by atoms with Crippen LogP contribution in [0.2, 0.25) is 0 Å². The van der Waals surface area contributed by atoms with Crippen molar-refractivity contribution in [2.45, 2.75) is 38.0 Å². The highest BCUT2D eigenvalue weighted by atomic mass is 32.1. The quantitative estimate of drug-likeness (QED) is 0.852. The van der Waals surface area contributed by atoms with Crippen LogP contribution in [0, 0.1) is 0 Å². The first kappa shape index (κ1) is 11.4. The summed E-state index contributed by atoms with van der Waals surface area (Å²) in [5.41, 5.74) is 0.251. The van der Waals surface area contributed by atoms with Crippen LogP contribution in [-0.4, -0.2) is 23.1 Å². The first-order valence-electron chi connectivity index (χ1n) is 5.64. The Morgan fingerprint density at radius 1 is 1.44 bits per heavy atom. The smallest absolute Gasteiger partial charge is 0.355 e. The second-order valence-corrected chi connectivity index (χ2v) is 5.15. The molecule has 1 aromatic rings. The number of aromatic carboxylic acids is 1. The number of nitrogens with zero attached hydrogens (tertiary/aromatic N) is 1. The van der Waals surface area contributed by atoms with Gasteiger partial charge in [-0.3, -0.25) is 0 Å². The summed E-state index contributed by atoms with van der Waals surface area (Å²) in [6.07, 6.45) is 5.89. The first-order valence-corrected chi connectivity index (χ1v) is 6.45. The summed E-state index contributed by atoms with van der Waals surface area (Å²) < 4.78 is 0. The Labute approximate surface area is 98.7 Å². The Hall–Kier alpha value is -1.10. The summed E-state index contributed by atoms with van der Waals surface area (Å²) in [6.45, 7) is 0. The van der Waals surface area contributed by atoms with Crippen molar-refractivity contribution in [3.05, 3.63) is 10.6 Å². The number of carbonyl (C=O) groups is 1.